The molecule has 1 aliphatic carbocycles. The largest absolute Gasteiger partial charge is 0.336 e. The second-order valence-corrected chi connectivity index (χ2v) is 6.18. The molecule has 0 spiro atoms. The normalized spacial score (nSPS) is 20.3. The minimum Gasteiger partial charge on any atom is -0.336 e. The van der Waals surface area contributed by atoms with E-state index in [2.05, 4.69) is 10.6 Å². The first kappa shape index (κ1) is 15.9. The lowest BCUT2D eigenvalue weighted by Gasteiger charge is -2.17. The van der Waals surface area contributed by atoms with E-state index in [1.165, 1.54) is 37.0 Å². The van der Waals surface area contributed by atoms with Crippen molar-refractivity contribution in [2.75, 3.05) is 18.8 Å². The number of carbonyl (C=O) groups excluding carboxylic acids is 3. The van der Waals surface area contributed by atoms with Crippen LogP contribution in [0.4, 0.5) is 9.59 Å². The molecule has 1 aliphatic heterocycles. The van der Waals surface area contributed by atoms with E-state index in [1.807, 2.05) is 6.08 Å². The summed E-state index contributed by atoms with van der Waals surface area (Å²) in [6, 6.07) is -0.311. The SMILES string of the molecule is O=C(N/C=C/C1CCCCC1)NCCN1C(=O)CSC1=O. The summed E-state index contributed by atoms with van der Waals surface area (Å²) in [7, 11) is 0. The standard InChI is InChI=1S/C14H21N3O3S/c18-12-10-21-14(20)17(12)9-8-16-13(19)15-7-6-11-4-2-1-3-5-11/h6-7,11H,1-5,8-10H2,(H2,15,16,19)/b7-6+. The van der Waals surface area contributed by atoms with Crippen LogP contribution in [0.25, 0.3) is 0 Å². The Balaban J connectivity index is 1.60. The van der Waals surface area contributed by atoms with E-state index in [-0.39, 0.29) is 36.0 Å². The number of hydrogen-bond acceptors (Lipinski definition) is 4. The van der Waals surface area contributed by atoms with Crippen LogP contribution >= 0.6 is 11.8 Å². The Bertz CT molecular complexity index is 417. The van der Waals surface area contributed by atoms with E-state index in [1.54, 1.807) is 6.20 Å². The third-order valence-electron chi connectivity index (χ3n) is 3.69. The lowest BCUT2D eigenvalue weighted by atomic mass is 9.89. The van der Waals surface area contributed by atoms with Crippen molar-refractivity contribution >= 4 is 28.9 Å². The Morgan fingerprint density at radius 1 is 1.29 bits per heavy atom. The number of nitrogens with one attached hydrogen (secondary N) is 2. The van der Waals surface area contributed by atoms with Crippen molar-refractivity contribution in [3.63, 3.8) is 0 Å². The van der Waals surface area contributed by atoms with Gasteiger partial charge in [-0.05, 0) is 18.8 Å². The first-order chi connectivity index (χ1) is 10.2. The Labute approximate surface area is 128 Å². The Kier molecular flexibility index (Phi) is 6.10. The molecular formula is C14H21N3O3S. The van der Waals surface area contributed by atoms with Gasteiger partial charge in [0.05, 0.1) is 5.75 Å². The predicted octanol–water partition coefficient (Wildman–Crippen LogP) is 2.07. The monoisotopic (exact) mass is 311 g/mol. The number of allylic oxidation sites excluding steroid dienone is 1. The number of amides is 4. The topological polar surface area (TPSA) is 78.5 Å². The van der Waals surface area contributed by atoms with Crippen LogP contribution in [-0.4, -0.2) is 40.9 Å². The van der Waals surface area contributed by atoms with E-state index in [4.69, 9.17) is 0 Å². The van der Waals surface area contributed by atoms with E-state index >= 15 is 0 Å². The zero-order valence-electron chi connectivity index (χ0n) is 12.0. The molecule has 1 saturated heterocycles. The van der Waals surface area contributed by atoms with E-state index < -0.39 is 0 Å². The van der Waals surface area contributed by atoms with Crippen molar-refractivity contribution in [2.45, 2.75) is 32.1 Å². The molecule has 2 aliphatic rings. The summed E-state index contributed by atoms with van der Waals surface area (Å²) in [6.07, 6.45) is 9.95. The summed E-state index contributed by atoms with van der Waals surface area (Å²) in [6.45, 7) is 0.492. The molecular weight excluding hydrogens is 290 g/mol. The Hall–Kier alpha value is -1.50. The number of nitrogens with zero attached hydrogens (tertiary/aromatic N) is 1. The molecule has 6 nitrogen and oxygen atoms in total. The molecule has 116 valence electrons. The quantitative estimate of drug-likeness (QED) is 0.815. The number of hydrogen-bond donors (Lipinski definition) is 2. The first-order valence-corrected chi connectivity index (χ1v) is 8.33. The van der Waals surface area contributed by atoms with E-state index in [0.29, 0.717) is 5.92 Å². The van der Waals surface area contributed by atoms with Gasteiger partial charge in [0.2, 0.25) is 5.91 Å². The highest BCUT2D eigenvalue weighted by Gasteiger charge is 2.29. The highest BCUT2D eigenvalue weighted by molar-refractivity contribution is 8.14. The van der Waals surface area contributed by atoms with Gasteiger partial charge in [0.15, 0.2) is 0 Å². The lowest BCUT2D eigenvalue weighted by molar-refractivity contribution is -0.124. The minimum atomic E-state index is -0.311. The number of urea groups is 1. The maximum Gasteiger partial charge on any atom is 0.318 e. The molecule has 7 heteroatoms. The van der Waals surface area contributed by atoms with Gasteiger partial charge in [-0.25, -0.2) is 4.79 Å². The molecule has 0 unspecified atom stereocenters. The van der Waals surface area contributed by atoms with E-state index in [9.17, 15) is 14.4 Å². The van der Waals surface area contributed by atoms with Gasteiger partial charge in [-0.3, -0.25) is 14.5 Å². The van der Waals surface area contributed by atoms with Crippen molar-refractivity contribution in [3.05, 3.63) is 12.3 Å². The van der Waals surface area contributed by atoms with Crippen LogP contribution in [0.5, 0.6) is 0 Å². The molecule has 0 aromatic heterocycles. The van der Waals surface area contributed by atoms with Crippen LogP contribution in [0.2, 0.25) is 0 Å². The second-order valence-electron chi connectivity index (χ2n) is 5.26. The van der Waals surface area contributed by atoms with Gasteiger partial charge in [-0.1, -0.05) is 37.1 Å². The highest BCUT2D eigenvalue weighted by atomic mass is 32.2. The molecule has 0 bridgehead atoms. The van der Waals surface area contributed by atoms with Gasteiger partial charge in [-0.15, -0.1) is 0 Å². The maximum absolute atomic E-state index is 11.6. The summed E-state index contributed by atoms with van der Waals surface area (Å²) in [5, 5.41) is 5.05. The van der Waals surface area contributed by atoms with Crippen molar-refractivity contribution < 1.29 is 14.4 Å². The van der Waals surface area contributed by atoms with Gasteiger partial charge in [0.1, 0.15) is 0 Å². The van der Waals surface area contributed by atoms with Crippen LogP contribution in [0.15, 0.2) is 12.3 Å². The molecule has 2 rings (SSSR count). The molecule has 2 N–H and O–H groups in total. The molecule has 2 fully saturated rings. The van der Waals surface area contributed by atoms with Crippen molar-refractivity contribution in [3.8, 4) is 0 Å². The molecule has 21 heavy (non-hydrogen) atoms. The fraction of sp³-hybridized carbons (Fsp3) is 0.643. The van der Waals surface area contributed by atoms with Crippen molar-refractivity contribution in [2.24, 2.45) is 5.92 Å². The summed E-state index contributed by atoms with van der Waals surface area (Å²) in [5.41, 5.74) is 0. The van der Waals surface area contributed by atoms with Gasteiger partial charge >= 0.3 is 6.03 Å². The van der Waals surface area contributed by atoms with Crippen molar-refractivity contribution in [1.82, 2.24) is 15.5 Å². The second kappa shape index (κ2) is 8.07. The molecule has 0 radical (unpaired) electrons. The van der Waals surface area contributed by atoms with Gasteiger partial charge in [0, 0.05) is 19.3 Å². The van der Waals surface area contributed by atoms with Gasteiger partial charge < -0.3 is 10.6 Å². The fourth-order valence-corrected chi connectivity index (χ4v) is 3.27. The van der Waals surface area contributed by atoms with E-state index in [0.717, 1.165) is 11.8 Å². The summed E-state index contributed by atoms with van der Waals surface area (Å²) in [4.78, 5) is 35.4. The third kappa shape index (κ3) is 5.08. The van der Waals surface area contributed by atoms with Crippen LogP contribution in [0.1, 0.15) is 32.1 Å². The van der Waals surface area contributed by atoms with Crippen molar-refractivity contribution in [1.29, 1.82) is 0 Å². The number of carbonyl (C=O) groups is 3. The molecule has 1 saturated carbocycles. The van der Waals surface area contributed by atoms with Crippen LogP contribution in [0.3, 0.4) is 0 Å². The number of thioether (sulfide) groups is 1. The molecule has 0 atom stereocenters. The molecule has 0 aromatic carbocycles. The molecule has 4 amide bonds. The van der Waals surface area contributed by atoms with Crippen LogP contribution in [0, 0.1) is 5.92 Å². The molecule has 1 heterocycles. The Morgan fingerprint density at radius 2 is 2.05 bits per heavy atom. The first-order valence-electron chi connectivity index (χ1n) is 7.35. The highest BCUT2D eigenvalue weighted by Crippen LogP contribution is 2.24. The summed E-state index contributed by atoms with van der Waals surface area (Å²) >= 11 is 1.000. The van der Waals surface area contributed by atoms with Crippen LogP contribution < -0.4 is 10.6 Å². The number of rotatable bonds is 5. The third-order valence-corrected chi connectivity index (χ3v) is 4.55. The lowest BCUT2D eigenvalue weighted by Crippen LogP contribution is -2.40. The number of imide groups is 1. The predicted molar refractivity (Wildman–Crippen MR) is 81.8 cm³/mol. The molecule has 0 aromatic rings. The summed E-state index contributed by atoms with van der Waals surface area (Å²) < 4.78 is 0. The Morgan fingerprint density at radius 3 is 2.71 bits per heavy atom. The smallest absolute Gasteiger partial charge is 0.318 e. The van der Waals surface area contributed by atoms with Gasteiger partial charge in [-0.2, -0.15) is 0 Å². The van der Waals surface area contributed by atoms with Crippen LogP contribution in [-0.2, 0) is 4.79 Å². The average molecular weight is 311 g/mol. The maximum atomic E-state index is 11.6. The zero-order chi connectivity index (χ0) is 15.1. The zero-order valence-corrected chi connectivity index (χ0v) is 12.8. The fourth-order valence-electron chi connectivity index (χ4n) is 2.52. The summed E-state index contributed by atoms with van der Waals surface area (Å²) in [5.74, 6) is 0.579. The van der Waals surface area contributed by atoms with Gasteiger partial charge in [0.25, 0.3) is 5.24 Å². The average Bonchev–Trinajstić information content (AvgIpc) is 2.80. The minimum absolute atomic E-state index is 0.190.